The summed E-state index contributed by atoms with van der Waals surface area (Å²) in [6.07, 6.45) is 0.810. The molecule has 1 unspecified atom stereocenters. The van der Waals surface area contributed by atoms with Crippen LogP contribution in [-0.2, 0) is 28.2 Å². The lowest BCUT2D eigenvalue weighted by atomic mass is 9.89. The number of cyclic esters (lactones) is 1. The number of rotatable bonds is 5. The molecule has 1 atom stereocenters. The number of ether oxygens (including phenoxy) is 1. The summed E-state index contributed by atoms with van der Waals surface area (Å²) in [7, 11) is 0. The lowest BCUT2D eigenvalue weighted by Gasteiger charge is -2.26. The number of aromatic nitrogens is 2. The van der Waals surface area contributed by atoms with Crippen molar-refractivity contribution in [3.63, 3.8) is 0 Å². The molecule has 0 fully saturated rings. The fraction of sp³-hybridized carbons (Fsp3) is 0.174. The maximum Gasteiger partial charge on any atom is 0.337 e. The summed E-state index contributed by atoms with van der Waals surface area (Å²) in [6.45, 7) is 1.98. The molecule has 0 amide bonds. The van der Waals surface area contributed by atoms with Crippen LogP contribution in [0.4, 0.5) is 0 Å². The van der Waals surface area contributed by atoms with Gasteiger partial charge in [-0.25, -0.2) is 4.79 Å². The van der Waals surface area contributed by atoms with Crippen molar-refractivity contribution in [3.05, 3.63) is 92.7 Å². The van der Waals surface area contributed by atoms with Crippen molar-refractivity contribution in [3.8, 4) is 0 Å². The molecule has 1 aliphatic heterocycles. The Morgan fingerprint density at radius 3 is 2.60 bits per heavy atom. The van der Waals surface area contributed by atoms with Crippen molar-refractivity contribution in [2.75, 3.05) is 0 Å². The van der Waals surface area contributed by atoms with E-state index in [1.54, 1.807) is 11.3 Å². The van der Waals surface area contributed by atoms with Gasteiger partial charge in [-0.1, -0.05) is 42.0 Å². The minimum atomic E-state index is -1.79. The molecule has 1 aliphatic rings. The molecule has 150 valence electrons. The lowest BCUT2D eigenvalue weighted by Crippen LogP contribution is -2.29. The Bertz CT molecular complexity index is 1260. The third kappa shape index (κ3) is 3.35. The second kappa shape index (κ2) is 7.43. The van der Waals surface area contributed by atoms with Gasteiger partial charge in [-0.2, -0.15) is 8.75 Å². The highest BCUT2D eigenvalue weighted by molar-refractivity contribution is 7.09. The van der Waals surface area contributed by atoms with Crippen LogP contribution in [0.3, 0.4) is 0 Å². The summed E-state index contributed by atoms with van der Waals surface area (Å²) < 4.78 is 14.2. The van der Waals surface area contributed by atoms with Crippen molar-refractivity contribution >= 4 is 40.1 Å². The molecular weight excluding hydrogens is 416 g/mol. The molecule has 0 saturated carbocycles. The van der Waals surface area contributed by atoms with Crippen LogP contribution >= 0.6 is 23.1 Å². The summed E-state index contributed by atoms with van der Waals surface area (Å²) in [5, 5.41) is 13.6. The number of benzene rings is 2. The predicted octanol–water partition coefficient (Wildman–Crippen LogP) is 4.55. The van der Waals surface area contributed by atoms with Crippen molar-refractivity contribution in [1.29, 1.82) is 0 Å². The average Bonchev–Trinajstić information content (AvgIpc) is 3.46. The van der Waals surface area contributed by atoms with Gasteiger partial charge >= 0.3 is 5.97 Å². The minimum absolute atomic E-state index is 0.379. The Labute approximate surface area is 181 Å². The number of carbonyl (C=O) groups is 1. The molecule has 0 aliphatic carbocycles. The number of aryl methyl sites for hydroxylation is 1. The van der Waals surface area contributed by atoms with Gasteiger partial charge < -0.3 is 9.84 Å². The van der Waals surface area contributed by atoms with Crippen LogP contribution in [0.15, 0.2) is 71.1 Å². The van der Waals surface area contributed by atoms with Gasteiger partial charge in [0.1, 0.15) is 11.0 Å². The van der Waals surface area contributed by atoms with Gasteiger partial charge in [0.05, 0.1) is 11.7 Å². The first-order chi connectivity index (χ1) is 14.5. The number of fused-ring (bicyclic) bond motifs is 1. The fourth-order valence-electron chi connectivity index (χ4n) is 3.73. The van der Waals surface area contributed by atoms with Gasteiger partial charge in [-0.15, -0.1) is 11.3 Å². The highest BCUT2D eigenvalue weighted by atomic mass is 32.1. The number of esters is 1. The number of thiophene rings is 1. The monoisotopic (exact) mass is 434 g/mol. The molecule has 0 bridgehead atoms. The van der Waals surface area contributed by atoms with Crippen molar-refractivity contribution < 1.29 is 14.6 Å². The van der Waals surface area contributed by atoms with E-state index in [2.05, 4.69) is 8.75 Å². The summed E-state index contributed by atoms with van der Waals surface area (Å²) in [5.74, 6) is -2.26. The topological polar surface area (TPSA) is 72.3 Å². The zero-order valence-electron chi connectivity index (χ0n) is 16.2. The Kier molecular flexibility index (Phi) is 4.73. The first-order valence-corrected chi connectivity index (χ1v) is 11.1. The van der Waals surface area contributed by atoms with Crippen LogP contribution < -0.4 is 0 Å². The van der Waals surface area contributed by atoms with E-state index in [1.807, 2.05) is 66.9 Å². The number of hydrogen-bond donors (Lipinski definition) is 1. The van der Waals surface area contributed by atoms with Crippen molar-refractivity contribution in [1.82, 2.24) is 8.75 Å². The normalized spacial score (nSPS) is 18.9. The third-order valence-electron chi connectivity index (χ3n) is 5.33. The molecule has 0 spiro atoms. The number of carbonyl (C=O) groups excluding carboxylic acids is 1. The standard InChI is InChI=1S/C23H18N2O3S2/c1-14-4-7-16(8-5-14)23(27)19(11-15-6-9-20-21(12-15)25-30-24-20)18(22(26)28-23)13-17-3-2-10-29-17/h2-10,12,27H,11,13H2,1H3. The molecular formula is C23H18N2O3S2. The van der Waals surface area contributed by atoms with Crippen LogP contribution in [0, 0.1) is 6.92 Å². The molecule has 3 heterocycles. The van der Waals surface area contributed by atoms with E-state index in [-0.39, 0.29) is 0 Å². The number of hydrogen-bond acceptors (Lipinski definition) is 7. The van der Waals surface area contributed by atoms with Crippen molar-refractivity contribution in [2.24, 2.45) is 0 Å². The Balaban J connectivity index is 1.62. The largest absolute Gasteiger partial charge is 0.421 e. The summed E-state index contributed by atoms with van der Waals surface area (Å²) >= 11 is 2.75. The van der Waals surface area contributed by atoms with Crippen LogP contribution in [0.1, 0.15) is 21.6 Å². The average molecular weight is 435 g/mol. The van der Waals surface area contributed by atoms with E-state index in [9.17, 15) is 9.90 Å². The fourth-order valence-corrected chi connectivity index (χ4v) is 4.97. The van der Waals surface area contributed by atoms with Crippen molar-refractivity contribution in [2.45, 2.75) is 25.6 Å². The Hall–Kier alpha value is -2.87. The van der Waals surface area contributed by atoms with Crippen LogP contribution in [0.5, 0.6) is 0 Å². The highest BCUT2D eigenvalue weighted by Crippen LogP contribution is 2.42. The van der Waals surface area contributed by atoms with Gasteiger partial charge in [0.2, 0.25) is 0 Å². The maximum atomic E-state index is 12.9. The van der Waals surface area contributed by atoms with Gasteiger partial charge in [0.25, 0.3) is 5.79 Å². The second-order valence-corrected chi connectivity index (χ2v) is 8.94. The quantitative estimate of drug-likeness (QED) is 0.467. The SMILES string of the molecule is Cc1ccc(C2(O)OC(=O)C(Cc3cccs3)=C2Cc2ccc3nsnc3c2)cc1. The highest BCUT2D eigenvalue weighted by Gasteiger charge is 2.47. The third-order valence-corrected chi connectivity index (χ3v) is 6.77. The predicted molar refractivity (Wildman–Crippen MR) is 117 cm³/mol. The second-order valence-electron chi connectivity index (χ2n) is 7.38. The zero-order valence-corrected chi connectivity index (χ0v) is 17.8. The molecule has 5 nitrogen and oxygen atoms in total. The van der Waals surface area contributed by atoms with Gasteiger partial charge in [0, 0.05) is 34.4 Å². The van der Waals surface area contributed by atoms with Gasteiger partial charge in [-0.3, -0.25) is 0 Å². The molecule has 5 rings (SSSR count). The summed E-state index contributed by atoms with van der Waals surface area (Å²) in [5.41, 5.74) is 5.29. The van der Waals surface area contributed by atoms with Gasteiger partial charge in [-0.05, 0) is 36.1 Å². The van der Waals surface area contributed by atoms with E-state index < -0.39 is 11.8 Å². The molecule has 2 aromatic carbocycles. The lowest BCUT2D eigenvalue weighted by molar-refractivity contribution is -0.186. The molecule has 2 aromatic heterocycles. The van der Waals surface area contributed by atoms with Gasteiger partial charge in [0.15, 0.2) is 0 Å². The molecule has 0 radical (unpaired) electrons. The minimum Gasteiger partial charge on any atom is -0.421 e. The smallest absolute Gasteiger partial charge is 0.337 e. The van der Waals surface area contributed by atoms with E-state index >= 15 is 0 Å². The van der Waals surface area contributed by atoms with Crippen LogP contribution in [0.2, 0.25) is 0 Å². The maximum absolute atomic E-state index is 12.9. The van der Waals surface area contributed by atoms with E-state index in [0.717, 1.165) is 27.0 Å². The molecule has 7 heteroatoms. The molecule has 30 heavy (non-hydrogen) atoms. The first-order valence-electron chi connectivity index (χ1n) is 9.52. The Morgan fingerprint density at radius 1 is 1.03 bits per heavy atom. The van der Waals surface area contributed by atoms with E-state index in [1.165, 1.54) is 11.7 Å². The molecule has 0 saturated heterocycles. The van der Waals surface area contributed by atoms with Crippen LogP contribution in [0.25, 0.3) is 11.0 Å². The number of aliphatic hydroxyl groups is 1. The van der Waals surface area contributed by atoms with E-state index in [0.29, 0.717) is 29.6 Å². The molecule has 4 aromatic rings. The molecule has 1 N–H and O–H groups in total. The Morgan fingerprint density at radius 2 is 1.83 bits per heavy atom. The summed E-state index contributed by atoms with van der Waals surface area (Å²) in [6, 6.07) is 17.2. The summed E-state index contributed by atoms with van der Waals surface area (Å²) in [4.78, 5) is 13.9. The van der Waals surface area contributed by atoms with E-state index in [4.69, 9.17) is 4.74 Å². The zero-order chi connectivity index (χ0) is 20.7. The number of nitrogens with zero attached hydrogens (tertiary/aromatic N) is 2. The van der Waals surface area contributed by atoms with Crippen LogP contribution in [-0.4, -0.2) is 19.8 Å². The first kappa shape index (κ1) is 19.1.